The largest absolute Gasteiger partial charge is 2.00 e. The van der Waals surface area contributed by atoms with Crippen molar-refractivity contribution < 1.29 is 17.5 Å². The molecule has 0 N–H and O–H groups in total. The summed E-state index contributed by atoms with van der Waals surface area (Å²) in [5.74, 6) is 0. The smallest absolute Gasteiger partial charge is 0.759 e. The molecule has 0 aliphatic rings. The molecule has 0 aromatic rings. The van der Waals surface area contributed by atoms with Gasteiger partial charge in [0, 0.05) is 10.4 Å². The maximum atomic E-state index is 8.52. The zero-order valence-corrected chi connectivity index (χ0v) is 13.8. The van der Waals surface area contributed by atoms with E-state index in [4.69, 9.17) is 52.3 Å². The number of unbranched alkanes of at least 4 members (excludes halogenated alkanes) is 3. The van der Waals surface area contributed by atoms with Crippen molar-refractivity contribution in [2.24, 2.45) is 0 Å². The van der Waals surface area contributed by atoms with Crippen LogP contribution in [0.4, 0.5) is 0 Å². The second kappa shape index (κ2) is 18.9. The molecule has 0 heterocycles. The van der Waals surface area contributed by atoms with Crippen LogP contribution in [0.15, 0.2) is 0 Å². The first-order valence-corrected chi connectivity index (χ1v) is 6.88. The molecule has 0 rings (SSSR count). The van der Waals surface area contributed by atoms with Crippen LogP contribution in [0.2, 0.25) is 0 Å². The molecule has 0 saturated carbocycles. The van der Waals surface area contributed by atoms with Crippen LogP contribution in [0, 0.1) is 0 Å². The van der Waals surface area contributed by atoms with Crippen LogP contribution >= 0.6 is 34.8 Å². The second-order valence-electron chi connectivity index (χ2n) is 2.36. The van der Waals surface area contributed by atoms with E-state index in [0.717, 1.165) is 0 Å². The van der Waals surface area contributed by atoms with E-state index in [-0.39, 0.29) is 23.1 Å². The number of alkyl halides is 3. The van der Waals surface area contributed by atoms with Gasteiger partial charge in [0.25, 0.3) is 0 Å². The fraction of sp³-hybridized carbons (Fsp3) is 1.00. The fourth-order valence-electron chi connectivity index (χ4n) is 0.500. The Morgan fingerprint density at radius 2 is 1.12 bits per heavy atom. The SMILES string of the molecule is CCCCCC.ClC(Cl)Cl.O=S(=O)([O-])[O-].[Mg+2]. The summed E-state index contributed by atoms with van der Waals surface area (Å²) in [7, 11) is -5.17. The van der Waals surface area contributed by atoms with Crippen LogP contribution < -0.4 is 0 Å². The van der Waals surface area contributed by atoms with Crippen LogP contribution in [0.25, 0.3) is 0 Å². The zero-order chi connectivity index (χ0) is 12.9. The van der Waals surface area contributed by atoms with Gasteiger partial charge in [-0.1, -0.05) is 74.3 Å². The Bertz CT molecular complexity index is 185. The van der Waals surface area contributed by atoms with Crippen molar-refractivity contribution in [3.05, 3.63) is 0 Å². The summed E-state index contributed by atoms with van der Waals surface area (Å²) in [4.78, 5) is 0. The molecule has 0 aliphatic carbocycles. The van der Waals surface area contributed by atoms with Crippen LogP contribution in [0.5, 0.6) is 0 Å². The van der Waals surface area contributed by atoms with Crippen LogP contribution in [0.3, 0.4) is 0 Å². The quantitative estimate of drug-likeness (QED) is 0.263. The molecular weight excluding hydrogens is 311 g/mol. The van der Waals surface area contributed by atoms with Gasteiger partial charge in [-0.25, -0.2) is 0 Å². The van der Waals surface area contributed by atoms with Crippen LogP contribution in [-0.2, 0) is 10.4 Å². The molecule has 16 heavy (non-hydrogen) atoms. The average molecular weight is 326 g/mol. The van der Waals surface area contributed by atoms with E-state index >= 15 is 0 Å². The molecule has 0 radical (unpaired) electrons. The third-order valence-corrected chi connectivity index (χ3v) is 0.957. The van der Waals surface area contributed by atoms with Crippen molar-refractivity contribution in [1.82, 2.24) is 0 Å². The van der Waals surface area contributed by atoms with E-state index < -0.39 is 14.7 Å². The van der Waals surface area contributed by atoms with E-state index in [1.54, 1.807) is 0 Å². The molecule has 0 aromatic heterocycles. The predicted molar refractivity (Wildman–Crippen MR) is 67.4 cm³/mol. The Morgan fingerprint density at radius 1 is 1.00 bits per heavy atom. The van der Waals surface area contributed by atoms with E-state index in [1.165, 1.54) is 25.7 Å². The standard InChI is InChI=1S/C6H14.CHCl3.Mg.H2O4S/c1-3-5-6-4-2;2-1(3)4;;1-5(2,3)4/h3-6H2,1-2H3;1H;;(H2,1,2,3,4)/q;;+2;/p-2. The summed E-state index contributed by atoms with van der Waals surface area (Å²) >= 11 is 14.4. The molecule has 96 valence electrons. The molecule has 0 saturated heterocycles. The Balaban J connectivity index is -0.0000000668. The summed E-state index contributed by atoms with van der Waals surface area (Å²) in [6, 6.07) is 0. The monoisotopic (exact) mass is 324 g/mol. The van der Waals surface area contributed by atoms with Crippen molar-refractivity contribution in [2.45, 2.75) is 43.8 Å². The van der Waals surface area contributed by atoms with Crippen molar-refractivity contribution in [2.75, 3.05) is 0 Å². The minimum Gasteiger partial charge on any atom is -0.759 e. The third kappa shape index (κ3) is 161. The van der Waals surface area contributed by atoms with Gasteiger partial charge in [-0.3, -0.25) is 8.42 Å². The Labute approximate surface area is 129 Å². The van der Waals surface area contributed by atoms with Crippen LogP contribution in [0.1, 0.15) is 39.5 Å². The first-order valence-electron chi connectivity index (χ1n) is 4.24. The number of hydrogen-bond donors (Lipinski definition) is 0. The summed E-state index contributed by atoms with van der Waals surface area (Å²) in [5, 5.41) is 0. The second-order valence-corrected chi connectivity index (χ2v) is 5.16. The van der Waals surface area contributed by atoms with Crippen molar-refractivity contribution in [3.8, 4) is 0 Å². The number of halogens is 3. The summed E-state index contributed by atoms with van der Waals surface area (Å²) in [6.07, 6.45) is 5.54. The molecule has 0 aliphatic heterocycles. The molecule has 0 bridgehead atoms. The zero-order valence-electron chi connectivity index (χ0n) is 9.29. The minimum absolute atomic E-state index is 0. The molecule has 0 aromatic carbocycles. The molecular formula is C7H15Cl3MgO4S. The minimum atomic E-state index is -5.17. The molecule has 0 atom stereocenters. The van der Waals surface area contributed by atoms with Gasteiger partial charge in [0.1, 0.15) is 0 Å². The maximum Gasteiger partial charge on any atom is 2.00 e. The van der Waals surface area contributed by atoms with Gasteiger partial charge in [-0.05, 0) is 0 Å². The van der Waals surface area contributed by atoms with Gasteiger partial charge in [0.05, 0.1) is 0 Å². The predicted octanol–water partition coefficient (Wildman–Crippen LogP) is 2.85. The molecule has 9 heteroatoms. The first kappa shape index (κ1) is 26.1. The van der Waals surface area contributed by atoms with E-state index in [9.17, 15) is 0 Å². The van der Waals surface area contributed by atoms with Crippen molar-refractivity contribution >= 4 is 68.3 Å². The third-order valence-electron chi connectivity index (χ3n) is 0.957. The van der Waals surface area contributed by atoms with Gasteiger partial charge in [0.2, 0.25) is 0 Å². The van der Waals surface area contributed by atoms with E-state index in [1.807, 2.05) is 0 Å². The fourth-order valence-corrected chi connectivity index (χ4v) is 0.500. The molecule has 4 nitrogen and oxygen atoms in total. The van der Waals surface area contributed by atoms with E-state index in [0.29, 0.717) is 0 Å². The normalized spacial score (nSPS) is 9.25. The van der Waals surface area contributed by atoms with Crippen LogP contribution in [-0.4, -0.2) is 44.9 Å². The Kier molecular flexibility index (Phi) is 30.8. The molecule has 0 unspecified atom stereocenters. The van der Waals surface area contributed by atoms with Crippen molar-refractivity contribution in [1.29, 1.82) is 0 Å². The Hall–Kier alpha value is 1.51. The summed E-state index contributed by atoms with van der Waals surface area (Å²) < 4.78 is 33.3. The molecule has 0 amide bonds. The van der Waals surface area contributed by atoms with Gasteiger partial charge < -0.3 is 9.11 Å². The summed E-state index contributed by atoms with van der Waals surface area (Å²) in [6.45, 7) is 4.46. The van der Waals surface area contributed by atoms with Gasteiger partial charge >= 0.3 is 23.1 Å². The maximum absolute atomic E-state index is 8.52. The Morgan fingerprint density at radius 3 is 1.19 bits per heavy atom. The first-order chi connectivity index (χ1) is 6.65. The van der Waals surface area contributed by atoms with Gasteiger partial charge in [0.15, 0.2) is 4.30 Å². The topological polar surface area (TPSA) is 80.3 Å². The van der Waals surface area contributed by atoms with E-state index in [2.05, 4.69) is 13.8 Å². The molecule has 0 spiro atoms. The molecule has 0 fully saturated rings. The van der Waals surface area contributed by atoms with Gasteiger partial charge in [-0.2, -0.15) is 0 Å². The average Bonchev–Trinajstić information content (AvgIpc) is 1.96. The number of hydrogen-bond acceptors (Lipinski definition) is 4. The number of rotatable bonds is 3. The van der Waals surface area contributed by atoms with Gasteiger partial charge in [-0.15, -0.1) is 0 Å². The van der Waals surface area contributed by atoms with Crippen molar-refractivity contribution in [3.63, 3.8) is 0 Å². The summed E-state index contributed by atoms with van der Waals surface area (Å²) in [5.41, 5.74) is 0.